The summed E-state index contributed by atoms with van der Waals surface area (Å²) in [6.45, 7) is 0.978. The Hall–Kier alpha value is -5.36. The highest BCUT2D eigenvalue weighted by Gasteiger charge is 2.26. The van der Waals surface area contributed by atoms with Crippen LogP contribution in [0, 0.1) is 23.0 Å². The molecule has 42 heavy (non-hydrogen) atoms. The second kappa shape index (κ2) is 11.3. The summed E-state index contributed by atoms with van der Waals surface area (Å²) in [7, 11) is 1.23. The number of amidine groups is 1. The van der Waals surface area contributed by atoms with Crippen LogP contribution in [0.3, 0.4) is 0 Å². The van der Waals surface area contributed by atoms with Crippen molar-refractivity contribution < 1.29 is 37.5 Å². The molecule has 12 nitrogen and oxygen atoms in total. The Bertz CT molecular complexity index is 1840. The van der Waals surface area contributed by atoms with Crippen molar-refractivity contribution in [2.24, 2.45) is 12.0 Å². The zero-order valence-electron chi connectivity index (χ0n) is 21.9. The Kier molecular flexibility index (Phi) is 7.55. The maximum absolute atomic E-state index is 15.5. The highest BCUT2D eigenvalue weighted by Crippen LogP contribution is 2.38. The SMILES string of the molecule is CN1CCN=C1c1cc(S(=O)c2ncc(C(=O)O)n2C)ccc1Oc1c(F)cnc(Oc2cc(C#N)ccc2O)c1F. The number of aromatic hydroxyl groups is 1. The van der Waals surface area contributed by atoms with E-state index in [1.54, 1.807) is 11.9 Å². The van der Waals surface area contributed by atoms with Crippen molar-refractivity contribution in [2.45, 2.75) is 10.1 Å². The summed E-state index contributed by atoms with van der Waals surface area (Å²) in [5.74, 6) is -5.66. The number of rotatable bonds is 8. The lowest BCUT2D eigenvalue weighted by molar-refractivity contribution is 0.0685. The first-order valence-electron chi connectivity index (χ1n) is 12.1. The van der Waals surface area contributed by atoms with E-state index in [-0.39, 0.29) is 38.4 Å². The average Bonchev–Trinajstić information content (AvgIpc) is 3.58. The quantitative estimate of drug-likeness (QED) is 0.307. The van der Waals surface area contributed by atoms with Crippen molar-refractivity contribution in [2.75, 3.05) is 20.1 Å². The second-order valence-corrected chi connectivity index (χ2v) is 10.3. The van der Waals surface area contributed by atoms with Gasteiger partial charge in [-0.2, -0.15) is 9.65 Å². The summed E-state index contributed by atoms with van der Waals surface area (Å²) in [6, 6.07) is 9.71. The van der Waals surface area contributed by atoms with E-state index in [9.17, 15) is 23.6 Å². The molecule has 0 spiro atoms. The molecular weight excluding hydrogens is 574 g/mol. The zero-order valence-corrected chi connectivity index (χ0v) is 22.7. The number of aromatic carboxylic acids is 1. The highest BCUT2D eigenvalue weighted by molar-refractivity contribution is 7.85. The predicted molar refractivity (Wildman–Crippen MR) is 142 cm³/mol. The zero-order chi connectivity index (χ0) is 30.1. The van der Waals surface area contributed by atoms with Crippen molar-refractivity contribution in [3.8, 4) is 34.9 Å². The Morgan fingerprint density at radius 3 is 2.55 bits per heavy atom. The molecule has 2 N–H and O–H groups in total. The Balaban J connectivity index is 1.54. The number of phenols is 1. The molecule has 0 radical (unpaired) electrons. The number of phenolic OH excluding ortho intramolecular Hbond substituents is 1. The topological polar surface area (TPSA) is 163 Å². The minimum atomic E-state index is -1.94. The minimum Gasteiger partial charge on any atom is -0.504 e. The number of likely N-dealkylation sites (N-methyl/N-ethyl adjacent to an activating group) is 1. The van der Waals surface area contributed by atoms with Crippen LogP contribution >= 0.6 is 0 Å². The number of pyridine rings is 1. The number of nitriles is 1. The molecule has 214 valence electrons. The van der Waals surface area contributed by atoms with Gasteiger partial charge >= 0.3 is 5.97 Å². The molecule has 2 aromatic heterocycles. The lowest BCUT2D eigenvalue weighted by Crippen LogP contribution is -2.24. The van der Waals surface area contributed by atoms with Crippen molar-refractivity contribution in [3.05, 3.63) is 77.2 Å². The van der Waals surface area contributed by atoms with Crippen LogP contribution in [0.5, 0.6) is 28.9 Å². The molecule has 1 unspecified atom stereocenters. The van der Waals surface area contributed by atoms with Crippen molar-refractivity contribution >= 4 is 22.6 Å². The first-order valence-corrected chi connectivity index (χ1v) is 13.2. The molecule has 5 rings (SSSR count). The number of hydrogen-bond donors (Lipinski definition) is 2. The van der Waals surface area contributed by atoms with Gasteiger partial charge in [-0.15, -0.1) is 0 Å². The Morgan fingerprint density at radius 1 is 1.10 bits per heavy atom. The van der Waals surface area contributed by atoms with E-state index < -0.39 is 45.8 Å². The standard InChI is InChI=1S/C27H20F2N6O6S/c1-34-8-7-31-24(34)16-10-15(42(39)27-33-13-18(26(37)38)35(27)2)4-6-20(16)40-23-17(28)12-32-25(22(23)29)41-21-9-14(11-30)3-5-19(21)36/h3-6,9-10,12-13,36H,7-8H2,1-2H3,(H,37,38). The van der Waals surface area contributed by atoms with Crippen LogP contribution in [0.25, 0.3) is 0 Å². The molecule has 0 aliphatic carbocycles. The molecule has 3 heterocycles. The molecule has 15 heteroatoms. The van der Waals surface area contributed by atoms with Gasteiger partial charge in [0.25, 0.3) is 5.88 Å². The van der Waals surface area contributed by atoms with Crippen LogP contribution in [0.1, 0.15) is 21.6 Å². The highest BCUT2D eigenvalue weighted by atomic mass is 32.2. The number of aromatic nitrogens is 3. The fourth-order valence-corrected chi connectivity index (χ4v) is 5.18. The van der Waals surface area contributed by atoms with Gasteiger partial charge < -0.3 is 29.2 Å². The number of aliphatic imine (C=N–C) groups is 1. The summed E-state index contributed by atoms with van der Waals surface area (Å²) < 4.78 is 55.9. The number of nitrogens with zero attached hydrogens (tertiary/aromatic N) is 6. The third kappa shape index (κ3) is 5.22. The van der Waals surface area contributed by atoms with Gasteiger partial charge in [-0.3, -0.25) is 4.99 Å². The fraction of sp³-hybridized carbons (Fsp3) is 0.148. The summed E-state index contributed by atoms with van der Waals surface area (Å²) in [6.07, 6.45) is 1.76. The van der Waals surface area contributed by atoms with E-state index in [0.717, 1.165) is 12.3 Å². The van der Waals surface area contributed by atoms with Gasteiger partial charge in [-0.1, -0.05) is 0 Å². The van der Waals surface area contributed by atoms with Crippen molar-refractivity contribution in [1.82, 2.24) is 19.4 Å². The number of ether oxygens (including phenoxy) is 2. The maximum Gasteiger partial charge on any atom is 0.354 e. The van der Waals surface area contributed by atoms with E-state index in [1.807, 2.05) is 6.07 Å². The molecule has 0 bridgehead atoms. The third-order valence-corrected chi connectivity index (χ3v) is 7.59. The van der Waals surface area contributed by atoms with E-state index >= 15 is 4.39 Å². The normalized spacial score (nSPS) is 13.4. The van der Waals surface area contributed by atoms with Crippen LogP contribution in [-0.2, 0) is 17.8 Å². The number of benzene rings is 2. The van der Waals surface area contributed by atoms with Crippen LogP contribution in [0.2, 0.25) is 0 Å². The van der Waals surface area contributed by atoms with Gasteiger partial charge in [0.2, 0.25) is 16.7 Å². The number of imidazole rings is 1. The molecule has 1 atom stereocenters. The summed E-state index contributed by atoms with van der Waals surface area (Å²) >= 11 is 0. The summed E-state index contributed by atoms with van der Waals surface area (Å²) in [4.78, 5) is 25.4. The van der Waals surface area contributed by atoms with E-state index in [4.69, 9.17) is 14.7 Å². The van der Waals surface area contributed by atoms with Gasteiger partial charge in [0, 0.05) is 31.6 Å². The molecule has 1 aliphatic rings. The summed E-state index contributed by atoms with van der Waals surface area (Å²) in [5, 5.41) is 28.4. The average molecular weight is 595 g/mol. The molecule has 0 saturated heterocycles. The molecular formula is C27H20F2N6O6S. The van der Waals surface area contributed by atoms with Gasteiger partial charge in [0.05, 0.1) is 36.1 Å². The number of halogens is 2. The molecule has 0 saturated carbocycles. The van der Waals surface area contributed by atoms with Crippen LogP contribution in [0.15, 0.2) is 63.8 Å². The van der Waals surface area contributed by atoms with Gasteiger partial charge in [-0.05, 0) is 30.3 Å². The van der Waals surface area contributed by atoms with Crippen LogP contribution in [-0.4, -0.2) is 65.8 Å². The lowest BCUT2D eigenvalue weighted by Gasteiger charge is -2.19. The van der Waals surface area contributed by atoms with Crippen molar-refractivity contribution in [1.29, 1.82) is 5.26 Å². The number of hydrogen-bond acceptors (Lipinski definition) is 10. The summed E-state index contributed by atoms with van der Waals surface area (Å²) in [5.41, 5.74) is 0.216. The first kappa shape index (κ1) is 28.2. The monoisotopic (exact) mass is 594 g/mol. The maximum atomic E-state index is 15.5. The van der Waals surface area contributed by atoms with Crippen LogP contribution in [0.4, 0.5) is 8.78 Å². The number of carboxylic acids is 1. The van der Waals surface area contributed by atoms with Gasteiger partial charge in [0.15, 0.2) is 17.3 Å². The number of carboxylic acid groups (broad SMARTS) is 1. The fourth-order valence-electron chi connectivity index (χ4n) is 4.06. The molecule has 2 aromatic carbocycles. The van der Waals surface area contributed by atoms with E-state index in [2.05, 4.69) is 15.0 Å². The Morgan fingerprint density at radius 2 is 1.88 bits per heavy atom. The molecule has 4 aromatic rings. The van der Waals surface area contributed by atoms with Gasteiger partial charge in [0.1, 0.15) is 28.1 Å². The first-order chi connectivity index (χ1) is 20.1. The predicted octanol–water partition coefficient (Wildman–Crippen LogP) is 3.81. The number of carbonyl (C=O) groups is 1. The molecule has 1 aliphatic heterocycles. The third-order valence-electron chi connectivity index (χ3n) is 6.20. The van der Waals surface area contributed by atoms with Crippen molar-refractivity contribution in [3.63, 3.8) is 0 Å². The molecule has 0 fully saturated rings. The minimum absolute atomic E-state index is 0.0227. The second-order valence-electron chi connectivity index (χ2n) is 8.90. The van der Waals surface area contributed by atoms with Crippen LogP contribution < -0.4 is 9.47 Å². The Labute approximate surface area is 239 Å². The lowest BCUT2D eigenvalue weighted by atomic mass is 10.1. The van der Waals surface area contributed by atoms with E-state index in [0.29, 0.717) is 25.1 Å². The smallest absolute Gasteiger partial charge is 0.354 e. The largest absolute Gasteiger partial charge is 0.504 e. The molecule has 0 amide bonds. The van der Waals surface area contributed by atoms with Gasteiger partial charge in [-0.25, -0.2) is 23.4 Å². The van der Waals surface area contributed by atoms with E-state index in [1.165, 1.54) is 41.9 Å².